The quantitative estimate of drug-likeness (QED) is 0.544. The highest BCUT2D eigenvalue weighted by molar-refractivity contribution is 7.80. The van der Waals surface area contributed by atoms with Crippen LogP contribution < -0.4 is 10.1 Å². The lowest BCUT2D eigenvalue weighted by Crippen LogP contribution is -2.12. The van der Waals surface area contributed by atoms with E-state index in [0.29, 0.717) is 32.6 Å². The van der Waals surface area contributed by atoms with Crippen molar-refractivity contribution >= 4 is 52.1 Å². The van der Waals surface area contributed by atoms with Gasteiger partial charge in [-0.3, -0.25) is 4.79 Å². The third-order valence-electron chi connectivity index (χ3n) is 3.53. The SMILES string of the molecule is O=C(Nc1ccc(OC(=S)c2ccccc2Cl)cc1)c1ccccc1Cl. The number of carbonyl (C=O) groups is 1. The number of amides is 1. The fraction of sp³-hybridized carbons (Fsp3) is 0. The average Bonchev–Trinajstić information content (AvgIpc) is 2.64. The largest absolute Gasteiger partial charge is 0.445 e. The van der Waals surface area contributed by atoms with Gasteiger partial charge in [0.1, 0.15) is 5.75 Å². The Bertz CT molecular complexity index is 880. The normalized spacial score (nSPS) is 10.2. The summed E-state index contributed by atoms with van der Waals surface area (Å²) in [5.74, 6) is 0.265. The minimum atomic E-state index is -0.282. The Hall–Kier alpha value is -2.40. The van der Waals surface area contributed by atoms with Crippen molar-refractivity contribution in [3.05, 3.63) is 94.0 Å². The van der Waals surface area contributed by atoms with E-state index in [1.165, 1.54) is 0 Å². The van der Waals surface area contributed by atoms with Crippen LogP contribution in [0, 0.1) is 0 Å². The molecule has 26 heavy (non-hydrogen) atoms. The molecule has 0 aliphatic carbocycles. The summed E-state index contributed by atoms with van der Waals surface area (Å²) in [7, 11) is 0. The zero-order valence-corrected chi connectivity index (χ0v) is 15.7. The Balaban J connectivity index is 1.67. The maximum absolute atomic E-state index is 12.3. The molecule has 0 saturated carbocycles. The van der Waals surface area contributed by atoms with Gasteiger partial charge >= 0.3 is 0 Å². The zero-order valence-electron chi connectivity index (χ0n) is 13.4. The summed E-state index contributed by atoms with van der Waals surface area (Å²) in [6, 6.07) is 20.9. The number of halogens is 2. The number of rotatable bonds is 4. The molecule has 0 bridgehead atoms. The number of thiocarbonyl (C=S) groups is 1. The summed E-state index contributed by atoms with van der Waals surface area (Å²) in [6.07, 6.45) is 0. The van der Waals surface area contributed by atoms with Crippen LogP contribution in [0.1, 0.15) is 15.9 Å². The molecular formula is C20H13Cl2NO2S. The highest BCUT2D eigenvalue weighted by Crippen LogP contribution is 2.22. The average molecular weight is 402 g/mol. The molecule has 0 saturated heterocycles. The van der Waals surface area contributed by atoms with Crippen molar-refractivity contribution in [3.8, 4) is 5.75 Å². The van der Waals surface area contributed by atoms with Crippen LogP contribution in [-0.4, -0.2) is 11.0 Å². The molecule has 1 N–H and O–H groups in total. The second kappa shape index (κ2) is 8.32. The topological polar surface area (TPSA) is 38.3 Å². The third-order valence-corrected chi connectivity index (χ3v) is 4.50. The molecule has 0 aliphatic heterocycles. The zero-order chi connectivity index (χ0) is 18.5. The van der Waals surface area contributed by atoms with Crippen molar-refractivity contribution in [2.45, 2.75) is 0 Å². The van der Waals surface area contributed by atoms with Crippen molar-refractivity contribution in [1.82, 2.24) is 0 Å². The third kappa shape index (κ3) is 4.41. The molecule has 0 heterocycles. The van der Waals surface area contributed by atoms with Crippen molar-refractivity contribution in [3.63, 3.8) is 0 Å². The van der Waals surface area contributed by atoms with Gasteiger partial charge in [-0.1, -0.05) is 47.5 Å². The smallest absolute Gasteiger partial charge is 0.257 e. The number of ether oxygens (including phenoxy) is 1. The molecular weight excluding hydrogens is 389 g/mol. The minimum absolute atomic E-state index is 0.281. The van der Waals surface area contributed by atoms with Crippen LogP contribution in [0.2, 0.25) is 10.0 Å². The molecule has 0 unspecified atom stereocenters. The lowest BCUT2D eigenvalue weighted by atomic mass is 10.2. The number of benzene rings is 3. The van der Waals surface area contributed by atoms with Crippen LogP contribution in [0.4, 0.5) is 5.69 Å². The van der Waals surface area contributed by atoms with Gasteiger partial charge in [0, 0.05) is 11.3 Å². The number of carbonyl (C=O) groups excluding carboxylic acids is 1. The molecule has 3 aromatic rings. The molecule has 0 radical (unpaired) electrons. The van der Waals surface area contributed by atoms with Crippen molar-refractivity contribution in [2.75, 3.05) is 5.32 Å². The Kier molecular flexibility index (Phi) is 5.89. The van der Waals surface area contributed by atoms with Gasteiger partial charge in [0.2, 0.25) is 0 Å². The molecule has 3 rings (SSSR count). The van der Waals surface area contributed by atoms with Crippen molar-refractivity contribution in [1.29, 1.82) is 0 Å². The number of anilines is 1. The lowest BCUT2D eigenvalue weighted by molar-refractivity contribution is 0.102. The second-order valence-corrected chi connectivity index (χ2v) is 6.51. The Morgan fingerprint density at radius 1 is 0.808 bits per heavy atom. The summed E-state index contributed by atoms with van der Waals surface area (Å²) in [5, 5.41) is 4.00. The van der Waals surface area contributed by atoms with E-state index < -0.39 is 0 Å². The first kappa shape index (κ1) is 18.4. The van der Waals surface area contributed by atoms with Crippen LogP contribution in [0.3, 0.4) is 0 Å². The number of hydrogen-bond donors (Lipinski definition) is 1. The van der Waals surface area contributed by atoms with E-state index in [9.17, 15) is 4.79 Å². The molecule has 1 amide bonds. The number of nitrogens with one attached hydrogen (secondary N) is 1. The van der Waals surface area contributed by atoms with Gasteiger partial charge in [0.05, 0.1) is 15.6 Å². The molecule has 0 aromatic heterocycles. The van der Waals surface area contributed by atoms with Crippen LogP contribution in [0.5, 0.6) is 5.75 Å². The van der Waals surface area contributed by atoms with E-state index in [2.05, 4.69) is 5.32 Å². The Morgan fingerprint density at radius 3 is 1.92 bits per heavy atom. The van der Waals surface area contributed by atoms with E-state index >= 15 is 0 Å². The van der Waals surface area contributed by atoms with E-state index in [1.807, 2.05) is 12.1 Å². The van der Waals surface area contributed by atoms with Crippen molar-refractivity contribution in [2.24, 2.45) is 0 Å². The first-order valence-corrected chi connectivity index (χ1v) is 8.83. The molecule has 3 nitrogen and oxygen atoms in total. The summed E-state index contributed by atoms with van der Waals surface area (Å²) in [4.78, 5) is 12.3. The van der Waals surface area contributed by atoms with Crippen LogP contribution >= 0.6 is 35.4 Å². The van der Waals surface area contributed by atoms with E-state index in [0.717, 1.165) is 0 Å². The molecule has 0 spiro atoms. The van der Waals surface area contributed by atoms with E-state index in [-0.39, 0.29) is 11.0 Å². The molecule has 3 aromatic carbocycles. The predicted molar refractivity (Wildman–Crippen MR) is 110 cm³/mol. The van der Waals surface area contributed by atoms with Gasteiger partial charge in [-0.25, -0.2) is 0 Å². The van der Waals surface area contributed by atoms with Crippen molar-refractivity contribution < 1.29 is 9.53 Å². The highest BCUT2D eigenvalue weighted by atomic mass is 35.5. The summed E-state index contributed by atoms with van der Waals surface area (Å²) in [6.45, 7) is 0. The molecule has 130 valence electrons. The van der Waals surface area contributed by atoms with Crippen LogP contribution in [-0.2, 0) is 0 Å². The van der Waals surface area contributed by atoms with Gasteiger partial charge < -0.3 is 10.1 Å². The van der Waals surface area contributed by atoms with Gasteiger partial charge in [-0.05, 0) is 60.7 Å². The minimum Gasteiger partial charge on any atom is -0.445 e. The molecule has 0 atom stereocenters. The van der Waals surface area contributed by atoms with E-state index in [1.54, 1.807) is 60.7 Å². The fourth-order valence-electron chi connectivity index (χ4n) is 2.24. The first-order valence-electron chi connectivity index (χ1n) is 7.67. The predicted octanol–water partition coefficient (Wildman–Crippen LogP) is 6.00. The van der Waals surface area contributed by atoms with Gasteiger partial charge in [-0.2, -0.15) is 0 Å². The van der Waals surface area contributed by atoms with Gasteiger partial charge in [-0.15, -0.1) is 0 Å². The monoisotopic (exact) mass is 401 g/mol. The van der Waals surface area contributed by atoms with Gasteiger partial charge in [0.15, 0.2) is 5.05 Å². The summed E-state index contributed by atoms with van der Waals surface area (Å²) < 4.78 is 5.66. The van der Waals surface area contributed by atoms with Crippen LogP contribution in [0.15, 0.2) is 72.8 Å². The Morgan fingerprint density at radius 2 is 1.35 bits per heavy atom. The maximum atomic E-state index is 12.3. The van der Waals surface area contributed by atoms with Crippen LogP contribution in [0.25, 0.3) is 0 Å². The van der Waals surface area contributed by atoms with E-state index in [4.69, 9.17) is 40.2 Å². The maximum Gasteiger partial charge on any atom is 0.257 e. The van der Waals surface area contributed by atoms with Gasteiger partial charge in [0.25, 0.3) is 5.91 Å². The molecule has 0 fully saturated rings. The second-order valence-electron chi connectivity index (χ2n) is 5.33. The first-order chi connectivity index (χ1) is 12.5. The highest BCUT2D eigenvalue weighted by Gasteiger charge is 2.11. The summed E-state index contributed by atoms with van der Waals surface area (Å²) in [5.41, 5.74) is 1.68. The summed E-state index contributed by atoms with van der Waals surface area (Å²) >= 11 is 17.4. The lowest BCUT2D eigenvalue weighted by Gasteiger charge is -2.10. The fourth-order valence-corrected chi connectivity index (χ4v) is 3.01. The number of hydrogen-bond acceptors (Lipinski definition) is 3. The molecule has 6 heteroatoms. The molecule has 0 aliphatic rings. The Labute approximate surface area is 166 Å². The standard InChI is InChI=1S/C20H13Cl2NO2S/c21-17-7-3-1-5-15(17)19(24)23-13-9-11-14(12-10-13)25-20(26)16-6-2-4-8-18(16)22/h1-12H,(H,23,24).